The van der Waals surface area contributed by atoms with Gasteiger partial charge in [-0.25, -0.2) is 4.98 Å². The summed E-state index contributed by atoms with van der Waals surface area (Å²) in [6, 6.07) is 19.1. The second-order valence-electron chi connectivity index (χ2n) is 7.56. The Balaban J connectivity index is 1.73. The SMILES string of the molecule is COc1cc(/C=N/N(C(=O)/C=C/c2ccccc2)c2nc3ccc(C)cc3s2)cc(OC)c1OC. The average Bonchev–Trinajstić information content (AvgIpc) is 3.30. The molecule has 3 aromatic carbocycles. The number of thiazole rings is 1. The minimum absolute atomic E-state index is 0.326. The maximum atomic E-state index is 13.3. The number of nitrogens with zero attached hydrogens (tertiary/aromatic N) is 3. The number of methoxy groups -OCH3 is 3. The van der Waals surface area contributed by atoms with E-state index in [2.05, 4.69) is 10.1 Å². The van der Waals surface area contributed by atoms with E-state index in [9.17, 15) is 4.79 Å². The minimum Gasteiger partial charge on any atom is -0.493 e. The first-order valence-corrected chi connectivity index (χ1v) is 11.6. The number of carbonyl (C=O) groups excluding carboxylic acids is 1. The molecule has 0 aliphatic rings. The third kappa shape index (κ3) is 5.50. The van der Waals surface area contributed by atoms with Crippen molar-refractivity contribution in [3.8, 4) is 17.2 Å². The highest BCUT2D eigenvalue weighted by atomic mass is 32.1. The van der Waals surface area contributed by atoms with Gasteiger partial charge in [0.1, 0.15) is 0 Å². The molecule has 0 saturated heterocycles. The van der Waals surface area contributed by atoms with Gasteiger partial charge in [-0.15, -0.1) is 0 Å². The molecule has 0 aliphatic carbocycles. The molecule has 0 N–H and O–H groups in total. The van der Waals surface area contributed by atoms with Crippen LogP contribution in [0.5, 0.6) is 17.2 Å². The molecule has 0 aliphatic heterocycles. The zero-order valence-electron chi connectivity index (χ0n) is 19.9. The van der Waals surface area contributed by atoms with E-state index in [1.54, 1.807) is 45.8 Å². The summed E-state index contributed by atoms with van der Waals surface area (Å²) in [6.07, 6.45) is 4.80. The number of anilines is 1. The number of aromatic nitrogens is 1. The van der Waals surface area contributed by atoms with Gasteiger partial charge in [0.25, 0.3) is 5.91 Å². The molecule has 0 bridgehead atoms. The molecule has 0 spiro atoms. The Kier molecular flexibility index (Phi) is 7.42. The van der Waals surface area contributed by atoms with Crippen LogP contribution in [0, 0.1) is 6.92 Å². The van der Waals surface area contributed by atoms with E-state index in [1.807, 2.05) is 55.5 Å². The summed E-state index contributed by atoms with van der Waals surface area (Å²) in [5.74, 6) is 1.14. The van der Waals surface area contributed by atoms with Crippen molar-refractivity contribution in [3.05, 3.63) is 83.4 Å². The van der Waals surface area contributed by atoms with Crippen molar-refractivity contribution in [2.24, 2.45) is 5.10 Å². The number of hydrazone groups is 1. The fourth-order valence-electron chi connectivity index (χ4n) is 3.41. The van der Waals surface area contributed by atoms with Gasteiger partial charge in [-0.3, -0.25) is 4.79 Å². The predicted molar refractivity (Wildman–Crippen MR) is 141 cm³/mol. The number of hydrogen-bond donors (Lipinski definition) is 0. The molecule has 7 nitrogen and oxygen atoms in total. The quantitative estimate of drug-likeness (QED) is 0.181. The van der Waals surface area contributed by atoms with Crippen LogP contribution in [0.4, 0.5) is 5.13 Å². The smallest absolute Gasteiger partial charge is 0.273 e. The highest BCUT2D eigenvalue weighted by Gasteiger charge is 2.18. The standard InChI is InChI=1S/C27H25N3O4S/c1-18-10-12-21-24(14-18)35-27(29-21)30(25(31)13-11-19-8-6-5-7-9-19)28-17-20-15-22(32-2)26(34-4)23(16-20)33-3/h5-17H,1-4H3/b13-11+,28-17+. The van der Waals surface area contributed by atoms with Crippen molar-refractivity contribution in [1.29, 1.82) is 0 Å². The maximum Gasteiger partial charge on any atom is 0.273 e. The van der Waals surface area contributed by atoms with Gasteiger partial charge in [0.2, 0.25) is 10.9 Å². The largest absolute Gasteiger partial charge is 0.493 e. The third-order valence-electron chi connectivity index (χ3n) is 5.15. The fourth-order valence-corrected chi connectivity index (χ4v) is 4.44. The Morgan fingerprint density at radius 3 is 2.31 bits per heavy atom. The summed E-state index contributed by atoms with van der Waals surface area (Å²) in [4.78, 5) is 17.9. The summed E-state index contributed by atoms with van der Waals surface area (Å²) in [5.41, 5.74) is 3.51. The predicted octanol–water partition coefficient (Wildman–Crippen LogP) is 5.71. The van der Waals surface area contributed by atoms with Crippen LogP contribution in [0.25, 0.3) is 16.3 Å². The van der Waals surface area contributed by atoms with Crippen molar-refractivity contribution >= 4 is 44.9 Å². The van der Waals surface area contributed by atoms with E-state index >= 15 is 0 Å². The monoisotopic (exact) mass is 487 g/mol. The Morgan fingerprint density at radius 1 is 0.943 bits per heavy atom. The Bertz CT molecular complexity index is 1370. The molecule has 0 saturated carbocycles. The van der Waals surface area contributed by atoms with E-state index in [1.165, 1.54) is 22.4 Å². The molecule has 35 heavy (non-hydrogen) atoms. The van der Waals surface area contributed by atoms with Crippen molar-refractivity contribution in [2.75, 3.05) is 26.3 Å². The Morgan fingerprint density at radius 2 is 1.66 bits per heavy atom. The number of hydrogen-bond acceptors (Lipinski definition) is 7. The molecule has 178 valence electrons. The van der Waals surface area contributed by atoms with Gasteiger partial charge < -0.3 is 14.2 Å². The molecule has 1 heterocycles. The highest BCUT2D eigenvalue weighted by Crippen LogP contribution is 2.38. The molecule has 1 aromatic heterocycles. The van der Waals surface area contributed by atoms with Crippen LogP contribution in [-0.4, -0.2) is 38.4 Å². The highest BCUT2D eigenvalue weighted by molar-refractivity contribution is 7.22. The van der Waals surface area contributed by atoms with Crippen molar-refractivity contribution in [2.45, 2.75) is 6.92 Å². The Hall–Kier alpha value is -4.17. The second-order valence-corrected chi connectivity index (χ2v) is 8.57. The lowest BCUT2D eigenvalue weighted by molar-refractivity contribution is -0.114. The molecule has 4 aromatic rings. The summed E-state index contributed by atoms with van der Waals surface area (Å²) < 4.78 is 17.2. The number of carbonyl (C=O) groups is 1. The van der Waals surface area contributed by atoms with Gasteiger partial charge in [-0.1, -0.05) is 47.7 Å². The normalized spacial score (nSPS) is 11.3. The second kappa shape index (κ2) is 10.8. The first-order valence-electron chi connectivity index (χ1n) is 10.8. The van der Waals surface area contributed by atoms with Crippen LogP contribution >= 0.6 is 11.3 Å². The maximum absolute atomic E-state index is 13.3. The summed E-state index contributed by atoms with van der Waals surface area (Å²) in [7, 11) is 4.64. The number of fused-ring (bicyclic) bond motifs is 1. The first kappa shape index (κ1) is 24.0. The minimum atomic E-state index is -0.326. The summed E-state index contributed by atoms with van der Waals surface area (Å²) >= 11 is 1.40. The van der Waals surface area contributed by atoms with Crippen molar-refractivity contribution in [1.82, 2.24) is 4.98 Å². The zero-order valence-corrected chi connectivity index (χ0v) is 20.7. The molecule has 0 atom stereocenters. The van der Waals surface area contributed by atoms with Gasteiger partial charge >= 0.3 is 0 Å². The molecular formula is C27H25N3O4S. The van der Waals surface area contributed by atoms with E-state index < -0.39 is 0 Å². The van der Waals surface area contributed by atoms with E-state index in [-0.39, 0.29) is 5.91 Å². The van der Waals surface area contributed by atoms with E-state index in [4.69, 9.17) is 14.2 Å². The van der Waals surface area contributed by atoms with Crippen LogP contribution < -0.4 is 19.2 Å². The average molecular weight is 488 g/mol. The molecule has 0 radical (unpaired) electrons. The van der Waals surface area contributed by atoms with E-state index in [0.29, 0.717) is 27.9 Å². The van der Waals surface area contributed by atoms with Gasteiger partial charge in [0.05, 0.1) is 37.8 Å². The van der Waals surface area contributed by atoms with Crippen LogP contribution in [-0.2, 0) is 4.79 Å². The lowest BCUT2D eigenvalue weighted by Gasteiger charge is -2.14. The van der Waals surface area contributed by atoms with Gasteiger partial charge in [0, 0.05) is 11.6 Å². The number of amides is 1. The molecule has 0 fully saturated rings. The van der Waals surface area contributed by atoms with Crippen molar-refractivity contribution in [3.63, 3.8) is 0 Å². The van der Waals surface area contributed by atoms with Crippen LogP contribution in [0.1, 0.15) is 16.7 Å². The molecular weight excluding hydrogens is 462 g/mol. The van der Waals surface area contributed by atoms with Crippen LogP contribution in [0.2, 0.25) is 0 Å². The number of ether oxygens (including phenoxy) is 3. The summed E-state index contributed by atoms with van der Waals surface area (Å²) in [5, 5.41) is 6.27. The molecule has 1 amide bonds. The Labute approximate surface area is 207 Å². The number of aryl methyl sites for hydroxylation is 1. The van der Waals surface area contributed by atoms with Crippen molar-refractivity contribution < 1.29 is 19.0 Å². The lowest BCUT2D eigenvalue weighted by Crippen LogP contribution is -2.23. The lowest BCUT2D eigenvalue weighted by atomic mass is 10.2. The topological polar surface area (TPSA) is 73.2 Å². The van der Waals surface area contributed by atoms with Gasteiger partial charge in [-0.2, -0.15) is 10.1 Å². The summed E-state index contributed by atoms with van der Waals surface area (Å²) in [6.45, 7) is 2.02. The van der Waals surface area contributed by atoms with Gasteiger partial charge in [-0.05, 0) is 48.4 Å². The first-order chi connectivity index (χ1) is 17.0. The zero-order chi connectivity index (χ0) is 24.8. The third-order valence-corrected chi connectivity index (χ3v) is 6.14. The van der Waals surface area contributed by atoms with Crippen LogP contribution in [0.15, 0.2) is 71.8 Å². The number of benzene rings is 3. The fraction of sp³-hybridized carbons (Fsp3) is 0.148. The molecule has 8 heteroatoms. The van der Waals surface area contributed by atoms with Crippen LogP contribution in [0.3, 0.4) is 0 Å². The molecule has 0 unspecified atom stereocenters. The molecule has 4 rings (SSSR count). The van der Waals surface area contributed by atoms with Gasteiger partial charge in [0.15, 0.2) is 11.5 Å². The number of rotatable bonds is 8. The van der Waals surface area contributed by atoms with E-state index in [0.717, 1.165) is 21.3 Å².